The van der Waals surface area contributed by atoms with E-state index in [1.807, 2.05) is 13.8 Å². The van der Waals surface area contributed by atoms with E-state index in [0.29, 0.717) is 35.8 Å². The van der Waals surface area contributed by atoms with Crippen LogP contribution in [0.15, 0.2) is 12.1 Å². The molecular weight excluding hydrogens is 246 g/mol. The van der Waals surface area contributed by atoms with Crippen molar-refractivity contribution in [3.63, 3.8) is 0 Å². The molecule has 1 aliphatic heterocycles. The molecule has 0 spiro atoms. The van der Waals surface area contributed by atoms with Crippen LogP contribution in [-0.2, 0) is 6.61 Å². The van der Waals surface area contributed by atoms with Crippen LogP contribution in [0.2, 0.25) is 0 Å². The fraction of sp³-hybridized carbons (Fsp3) is 0.500. The Morgan fingerprint density at radius 3 is 2.68 bits per heavy atom. The number of nitriles is 1. The molecule has 19 heavy (non-hydrogen) atoms. The van der Waals surface area contributed by atoms with E-state index in [9.17, 15) is 5.11 Å². The summed E-state index contributed by atoms with van der Waals surface area (Å²) in [6.07, 6.45) is 0.614. The summed E-state index contributed by atoms with van der Waals surface area (Å²) in [7, 11) is 0. The van der Waals surface area contributed by atoms with Crippen LogP contribution < -0.4 is 14.2 Å². The zero-order valence-corrected chi connectivity index (χ0v) is 11.1. The number of ether oxygens (including phenoxy) is 3. The van der Waals surface area contributed by atoms with Gasteiger partial charge in [0.15, 0.2) is 11.5 Å². The summed E-state index contributed by atoms with van der Waals surface area (Å²) in [6.45, 7) is 4.19. The van der Waals surface area contributed by atoms with Gasteiger partial charge in [-0.2, -0.15) is 5.26 Å². The van der Waals surface area contributed by atoms with Gasteiger partial charge in [0.25, 0.3) is 0 Å². The topological polar surface area (TPSA) is 71.7 Å². The molecule has 0 aromatic heterocycles. The van der Waals surface area contributed by atoms with Gasteiger partial charge in [-0.15, -0.1) is 0 Å². The van der Waals surface area contributed by atoms with Crippen LogP contribution in [0.3, 0.4) is 0 Å². The molecule has 5 nitrogen and oxygen atoms in total. The molecular formula is C14H17NO4. The van der Waals surface area contributed by atoms with Crippen molar-refractivity contribution in [2.75, 3.05) is 13.4 Å². The van der Waals surface area contributed by atoms with E-state index in [2.05, 4.69) is 6.07 Å². The molecule has 1 aromatic rings. The number of hydrogen-bond acceptors (Lipinski definition) is 5. The van der Waals surface area contributed by atoms with Crippen LogP contribution in [0.4, 0.5) is 0 Å². The van der Waals surface area contributed by atoms with E-state index < -0.39 is 5.41 Å². The predicted octanol–water partition coefficient (Wildman–Crippen LogP) is 2.23. The molecule has 0 radical (unpaired) electrons. The summed E-state index contributed by atoms with van der Waals surface area (Å²) in [5.74, 6) is 1.81. The minimum Gasteiger partial charge on any atom is -0.493 e. The zero-order chi connectivity index (χ0) is 13.9. The lowest BCUT2D eigenvalue weighted by Crippen LogP contribution is -2.13. The highest BCUT2D eigenvalue weighted by molar-refractivity contribution is 5.51. The quantitative estimate of drug-likeness (QED) is 0.882. The molecule has 0 aliphatic carbocycles. The molecule has 0 bridgehead atoms. The highest BCUT2D eigenvalue weighted by Crippen LogP contribution is 2.38. The van der Waals surface area contributed by atoms with E-state index in [1.54, 1.807) is 12.1 Å². The standard InChI is InChI=1S/C14H17NO4/c1-14(2,8-15)3-4-17-11-6-13-12(18-9-19-13)5-10(11)7-16/h5-6,16H,3-4,7,9H2,1-2H3. The molecule has 5 heteroatoms. The lowest BCUT2D eigenvalue weighted by molar-refractivity contribution is 0.173. The molecule has 0 atom stereocenters. The van der Waals surface area contributed by atoms with Gasteiger partial charge in [0.1, 0.15) is 5.75 Å². The highest BCUT2D eigenvalue weighted by Gasteiger charge is 2.20. The Labute approximate surface area is 112 Å². The molecule has 2 rings (SSSR count). The van der Waals surface area contributed by atoms with Crippen LogP contribution in [0.1, 0.15) is 25.8 Å². The van der Waals surface area contributed by atoms with Gasteiger partial charge < -0.3 is 19.3 Å². The summed E-state index contributed by atoms with van der Waals surface area (Å²) in [6, 6.07) is 5.65. The second-order valence-electron chi connectivity index (χ2n) is 5.07. The first-order valence-corrected chi connectivity index (χ1v) is 6.13. The average Bonchev–Trinajstić information content (AvgIpc) is 2.84. The van der Waals surface area contributed by atoms with Crippen LogP contribution >= 0.6 is 0 Å². The van der Waals surface area contributed by atoms with Gasteiger partial charge in [-0.3, -0.25) is 0 Å². The molecule has 1 aromatic carbocycles. The van der Waals surface area contributed by atoms with Crippen LogP contribution in [0.25, 0.3) is 0 Å². The normalized spacial score (nSPS) is 13.2. The van der Waals surface area contributed by atoms with E-state index in [1.165, 1.54) is 0 Å². The number of aliphatic hydroxyl groups excluding tert-OH is 1. The largest absolute Gasteiger partial charge is 0.493 e. The first kappa shape index (κ1) is 13.5. The summed E-state index contributed by atoms with van der Waals surface area (Å²) >= 11 is 0. The maximum absolute atomic E-state index is 9.33. The SMILES string of the molecule is CC(C)(C#N)CCOc1cc2c(cc1CO)OCO2. The van der Waals surface area contributed by atoms with Gasteiger partial charge in [-0.25, -0.2) is 0 Å². The molecule has 1 N–H and O–H groups in total. The predicted molar refractivity (Wildman–Crippen MR) is 68.0 cm³/mol. The average molecular weight is 263 g/mol. The van der Waals surface area contributed by atoms with Crippen LogP contribution in [0, 0.1) is 16.7 Å². The molecule has 0 unspecified atom stereocenters. The Hall–Kier alpha value is -1.93. The Bertz CT molecular complexity index is 505. The van der Waals surface area contributed by atoms with Crippen molar-refractivity contribution in [1.29, 1.82) is 5.26 Å². The minimum atomic E-state index is -0.421. The van der Waals surface area contributed by atoms with Crippen molar-refractivity contribution in [3.05, 3.63) is 17.7 Å². The van der Waals surface area contributed by atoms with Gasteiger partial charge in [-0.1, -0.05) is 0 Å². The number of aliphatic hydroxyl groups is 1. The molecule has 1 aliphatic rings. The fourth-order valence-electron chi connectivity index (χ4n) is 1.70. The number of nitrogens with zero attached hydrogens (tertiary/aromatic N) is 1. The first-order chi connectivity index (χ1) is 9.05. The van der Waals surface area contributed by atoms with Crippen molar-refractivity contribution >= 4 is 0 Å². The van der Waals surface area contributed by atoms with Gasteiger partial charge in [0.2, 0.25) is 6.79 Å². The Morgan fingerprint density at radius 1 is 1.37 bits per heavy atom. The molecule has 0 saturated carbocycles. The van der Waals surface area contributed by atoms with Crippen molar-refractivity contribution in [2.45, 2.75) is 26.9 Å². The third-order valence-electron chi connectivity index (χ3n) is 3.01. The minimum absolute atomic E-state index is 0.131. The smallest absolute Gasteiger partial charge is 0.231 e. The van der Waals surface area contributed by atoms with Crippen molar-refractivity contribution < 1.29 is 19.3 Å². The second kappa shape index (κ2) is 5.37. The maximum Gasteiger partial charge on any atom is 0.231 e. The fourth-order valence-corrected chi connectivity index (χ4v) is 1.70. The zero-order valence-electron chi connectivity index (χ0n) is 11.1. The monoisotopic (exact) mass is 263 g/mol. The Kier molecular flexibility index (Phi) is 3.82. The highest BCUT2D eigenvalue weighted by atomic mass is 16.7. The molecule has 0 fully saturated rings. The second-order valence-corrected chi connectivity index (χ2v) is 5.07. The van der Waals surface area contributed by atoms with Crippen LogP contribution in [0.5, 0.6) is 17.2 Å². The van der Waals surface area contributed by atoms with Crippen molar-refractivity contribution in [3.8, 4) is 23.3 Å². The Balaban J connectivity index is 2.06. The van der Waals surface area contributed by atoms with Crippen molar-refractivity contribution in [1.82, 2.24) is 0 Å². The van der Waals surface area contributed by atoms with Crippen molar-refractivity contribution in [2.24, 2.45) is 5.41 Å². The molecule has 0 amide bonds. The van der Waals surface area contributed by atoms with E-state index in [-0.39, 0.29) is 13.4 Å². The first-order valence-electron chi connectivity index (χ1n) is 6.13. The molecule has 1 heterocycles. The van der Waals surface area contributed by atoms with Crippen LogP contribution in [-0.4, -0.2) is 18.5 Å². The van der Waals surface area contributed by atoms with E-state index in [4.69, 9.17) is 19.5 Å². The third kappa shape index (κ3) is 3.09. The maximum atomic E-state index is 9.33. The van der Waals surface area contributed by atoms with E-state index in [0.717, 1.165) is 0 Å². The number of rotatable bonds is 5. The number of hydrogen-bond donors (Lipinski definition) is 1. The summed E-state index contributed by atoms with van der Waals surface area (Å²) < 4.78 is 16.2. The summed E-state index contributed by atoms with van der Waals surface area (Å²) in [5, 5.41) is 18.3. The van der Waals surface area contributed by atoms with Gasteiger partial charge in [0, 0.05) is 11.6 Å². The van der Waals surface area contributed by atoms with Gasteiger partial charge in [-0.05, 0) is 26.3 Å². The Morgan fingerprint density at radius 2 is 2.05 bits per heavy atom. The van der Waals surface area contributed by atoms with Gasteiger partial charge in [0.05, 0.1) is 24.7 Å². The summed E-state index contributed by atoms with van der Waals surface area (Å²) in [5.41, 5.74) is 0.231. The van der Waals surface area contributed by atoms with Gasteiger partial charge >= 0.3 is 0 Å². The summed E-state index contributed by atoms with van der Waals surface area (Å²) in [4.78, 5) is 0. The third-order valence-corrected chi connectivity index (χ3v) is 3.01. The molecule has 0 saturated heterocycles. The molecule has 102 valence electrons. The lowest BCUT2D eigenvalue weighted by Gasteiger charge is -2.16. The lowest BCUT2D eigenvalue weighted by atomic mass is 9.92. The van der Waals surface area contributed by atoms with E-state index >= 15 is 0 Å². The number of benzene rings is 1. The number of fused-ring (bicyclic) bond motifs is 1.